The lowest BCUT2D eigenvalue weighted by Crippen LogP contribution is -2.53. The Hall–Kier alpha value is -0.0400. The summed E-state index contributed by atoms with van der Waals surface area (Å²) < 4.78 is 0. The van der Waals surface area contributed by atoms with Crippen molar-refractivity contribution in [3.63, 3.8) is 0 Å². The Balaban J connectivity index is 5.37. The highest BCUT2D eigenvalue weighted by molar-refractivity contribution is 4.98. The number of rotatable bonds is 12. The van der Waals surface area contributed by atoms with Gasteiger partial charge >= 0.3 is 0 Å². The molecule has 140 valence electrons. The Bertz CT molecular complexity index is 320. The van der Waals surface area contributed by atoms with Crippen molar-refractivity contribution in [2.45, 2.75) is 113 Å². The van der Waals surface area contributed by atoms with E-state index in [4.69, 9.17) is 0 Å². The first-order valence-corrected chi connectivity index (χ1v) is 10.2. The van der Waals surface area contributed by atoms with E-state index in [-0.39, 0.29) is 5.54 Å². The lowest BCUT2D eigenvalue weighted by molar-refractivity contribution is 0.0357. The second-order valence-electron chi connectivity index (χ2n) is 9.65. The molecule has 23 heavy (non-hydrogen) atoms. The van der Waals surface area contributed by atoms with Crippen molar-refractivity contribution in [3.05, 3.63) is 0 Å². The minimum Gasteiger partial charge on any atom is -0.314 e. The van der Waals surface area contributed by atoms with Crippen LogP contribution in [0.15, 0.2) is 0 Å². The first-order chi connectivity index (χ1) is 10.5. The third-order valence-electron chi connectivity index (χ3n) is 6.86. The van der Waals surface area contributed by atoms with Gasteiger partial charge in [-0.3, -0.25) is 0 Å². The molecule has 0 fully saturated rings. The maximum absolute atomic E-state index is 3.62. The molecule has 0 spiro atoms. The minimum absolute atomic E-state index is 0.170. The summed E-state index contributed by atoms with van der Waals surface area (Å²) in [7, 11) is 2.13. The van der Waals surface area contributed by atoms with E-state index in [1.165, 1.54) is 44.9 Å². The molecule has 0 aromatic carbocycles. The van der Waals surface area contributed by atoms with E-state index in [0.29, 0.717) is 10.8 Å². The van der Waals surface area contributed by atoms with E-state index in [1.807, 2.05) is 0 Å². The summed E-state index contributed by atoms with van der Waals surface area (Å²) in [4.78, 5) is 0. The van der Waals surface area contributed by atoms with Crippen LogP contribution in [0.2, 0.25) is 0 Å². The normalized spacial score (nSPS) is 19.4. The monoisotopic (exact) mass is 325 g/mol. The van der Waals surface area contributed by atoms with Crippen molar-refractivity contribution in [3.8, 4) is 0 Å². The van der Waals surface area contributed by atoms with Gasteiger partial charge in [-0.05, 0) is 69.2 Å². The highest BCUT2D eigenvalue weighted by Gasteiger charge is 2.44. The summed E-state index contributed by atoms with van der Waals surface area (Å²) in [5, 5.41) is 3.62. The summed E-state index contributed by atoms with van der Waals surface area (Å²) in [5.74, 6) is 1.51. The van der Waals surface area contributed by atoms with Gasteiger partial charge in [0.05, 0.1) is 0 Å². The van der Waals surface area contributed by atoms with Gasteiger partial charge in [0.2, 0.25) is 0 Å². The number of nitrogens with one attached hydrogen (secondary N) is 1. The fraction of sp³-hybridized carbons (Fsp3) is 1.00. The first-order valence-electron chi connectivity index (χ1n) is 10.2. The summed E-state index contributed by atoms with van der Waals surface area (Å²) in [5.41, 5.74) is 0.993. The highest BCUT2D eigenvalue weighted by Crippen LogP contribution is 2.49. The molecule has 0 bridgehead atoms. The molecule has 0 aliphatic rings. The van der Waals surface area contributed by atoms with Gasteiger partial charge in [-0.2, -0.15) is 0 Å². The third kappa shape index (κ3) is 6.40. The largest absolute Gasteiger partial charge is 0.314 e. The van der Waals surface area contributed by atoms with Crippen molar-refractivity contribution >= 4 is 0 Å². The van der Waals surface area contributed by atoms with Crippen LogP contribution in [0.4, 0.5) is 0 Å². The van der Waals surface area contributed by atoms with E-state index in [9.17, 15) is 0 Å². The van der Waals surface area contributed by atoms with Crippen LogP contribution in [0.1, 0.15) is 107 Å². The average molecular weight is 326 g/mol. The molecule has 3 atom stereocenters. The van der Waals surface area contributed by atoms with Crippen LogP contribution in [0.5, 0.6) is 0 Å². The second kappa shape index (κ2) is 9.44. The Morgan fingerprint density at radius 2 is 1.39 bits per heavy atom. The number of hydrogen-bond donors (Lipinski definition) is 1. The van der Waals surface area contributed by atoms with E-state index < -0.39 is 0 Å². The van der Waals surface area contributed by atoms with Gasteiger partial charge in [-0.15, -0.1) is 0 Å². The molecule has 1 N–H and O–H groups in total. The molecule has 0 aromatic rings. The van der Waals surface area contributed by atoms with Gasteiger partial charge in [-0.1, -0.05) is 67.7 Å². The minimum atomic E-state index is 0.170. The molecule has 0 saturated carbocycles. The van der Waals surface area contributed by atoms with Crippen LogP contribution in [0.25, 0.3) is 0 Å². The van der Waals surface area contributed by atoms with Crippen LogP contribution in [0, 0.1) is 22.7 Å². The van der Waals surface area contributed by atoms with E-state index in [2.05, 4.69) is 74.7 Å². The molecule has 0 aromatic heterocycles. The molecular formula is C22H47N. The molecule has 1 heteroatoms. The zero-order valence-electron chi connectivity index (χ0n) is 18.1. The molecular weight excluding hydrogens is 278 g/mol. The SMILES string of the molecule is CCCCC(C)(CCC)C(C)CC(C)(CC(C)C)C(C)(C)NC. The van der Waals surface area contributed by atoms with Crippen molar-refractivity contribution < 1.29 is 0 Å². The quantitative estimate of drug-likeness (QED) is 0.405. The van der Waals surface area contributed by atoms with E-state index in [1.54, 1.807) is 0 Å². The molecule has 0 saturated heterocycles. The maximum atomic E-state index is 3.62. The summed E-state index contributed by atoms with van der Waals surface area (Å²) in [6.45, 7) is 21.8. The third-order valence-corrected chi connectivity index (χ3v) is 6.86. The lowest BCUT2D eigenvalue weighted by Gasteiger charge is -2.50. The smallest absolute Gasteiger partial charge is 0.0175 e. The Labute approximate surface area is 148 Å². The van der Waals surface area contributed by atoms with Crippen molar-refractivity contribution in [1.29, 1.82) is 0 Å². The molecule has 3 unspecified atom stereocenters. The van der Waals surface area contributed by atoms with Crippen LogP contribution in [-0.2, 0) is 0 Å². The predicted octanol–water partition coefficient (Wildman–Crippen LogP) is 7.06. The van der Waals surface area contributed by atoms with Gasteiger partial charge < -0.3 is 5.32 Å². The lowest BCUT2D eigenvalue weighted by atomic mass is 9.59. The molecule has 0 heterocycles. The van der Waals surface area contributed by atoms with Gasteiger partial charge in [0.25, 0.3) is 0 Å². The van der Waals surface area contributed by atoms with Crippen molar-refractivity contribution in [2.75, 3.05) is 7.05 Å². The van der Waals surface area contributed by atoms with Crippen LogP contribution >= 0.6 is 0 Å². The Morgan fingerprint density at radius 3 is 1.78 bits per heavy atom. The molecule has 0 aliphatic carbocycles. The maximum Gasteiger partial charge on any atom is 0.0175 e. The highest BCUT2D eigenvalue weighted by atomic mass is 14.9. The summed E-state index contributed by atoms with van der Waals surface area (Å²) in [6, 6.07) is 0. The zero-order chi connectivity index (χ0) is 18.3. The van der Waals surface area contributed by atoms with Crippen molar-refractivity contribution in [1.82, 2.24) is 5.32 Å². The van der Waals surface area contributed by atoms with Gasteiger partial charge in [0.15, 0.2) is 0 Å². The topological polar surface area (TPSA) is 12.0 Å². The zero-order valence-corrected chi connectivity index (χ0v) is 18.1. The molecule has 0 radical (unpaired) electrons. The van der Waals surface area contributed by atoms with E-state index >= 15 is 0 Å². The van der Waals surface area contributed by atoms with E-state index in [0.717, 1.165) is 11.8 Å². The first kappa shape index (κ1) is 23.0. The van der Waals surface area contributed by atoms with Gasteiger partial charge in [0, 0.05) is 5.54 Å². The molecule has 0 amide bonds. The molecule has 1 nitrogen and oxygen atoms in total. The van der Waals surface area contributed by atoms with Gasteiger partial charge in [-0.25, -0.2) is 0 Å². The summed E-state index contributed by atoms with van der Waals surface area (Å²) >= 11 is 0. The van der Waals surface area contributed by atoms with Crippen LogP contribution < -0.4 is 5.32 Å². The number of unbranched alkanes of at least 4 members (excludes halogenated alkanes) is 1. The van der Waals surface area contributed by atoms with Crippen LogP contribution in [0.3, 0.4) is 0 Å². The fourth-order valence-corrected chi connectivity index (χ4v) is 4.49. The molecule has 0 aliphatic heterocycles. The van der Waals surface area contributed by atoms with Crippen molar-refractivity contribution in [2.24, 2.45) is 22.7 Å². The standard InChI is InChI=1S/C22H47N/c1-11-13-15-21(8,14-12-2)19(5)17-22(9,16-18(3)4)20(6,7)23-10/h18-19,23H,11-17H2,1-10H3. The Morgan fingerprint density at radius 1 is 0.826 bits per heavy atom. The van der Waals surface area contributed by atoms with Crippen LogP contribution in [-0.4, -0.2) is 12.6 Å². The number of hydrogen-bond acceptors (Lipinski definition) is 1. The predicted molar refractivity (Wildman–Crippen MR) is 107 cm³/mol. The Kier molecular flexibility index (Phi) is 9.43. The summed E-state index contributed by atoms with van der Waals surface area (Å²) in [6.07, 6.45) is 9.36. The molecule has 0 rings (SSSR count). The fourth-order valence-electron chi connectivity index (χ4n) is 4.49. The second-order valence-corrected chi connectivity index (χ2v) is 9.65. The van der Waals surface area contributed by atoms with Gasteiger partial charge in [0.1, 0.15) is 0 Å². The average Bonchev–Trinajstić information content (AvgIpc) is 2.44.